The molecule has 22 heavy (non-hydrogen) atoms. The van der Waals surface area contributed by atoms with E-state index in [0.717, 1.165) is 22.8 Å². The molecule has 0 amide bonds. The highest BCUT2D eigenvalue weighted by atomic mass is 19.1. The third-order valence-corrected chi connectivity index (χ3v) is 3.42. The highest BCUT2D eigenvalue weighted by Crippen LogP contribution is 2.13. The summed E-state index contributed by atoms with van der Waals surface area (Å²) in [7, 11) is 0. The molecule has 8 heteroatoms. The Morgan fingerprint density at radius 2 is 2.05 bits per heavy atom. The molecule has 0 atom stereocenters. The van der Waals surface area contributed by atoms with Crippen LogP contribution < -0.4 is 11.2 Å². The van der Waals surface area contributed by atoms with Crippen LogP contribution in [0.25, 0.3) is 11.2 Å². The van der Waals surface area contributed by atoms with Gasteiger partial charge in [0, 0.05) is 12.1 Å². The van der Waals surface area contributed by atoms with Gasteiger partial charge in [-0.1, -0.05) is 0 Å². The van der Waals surface area contributed by atoms with E-state index in [9.17, 15) is 18.4 Å². The summed E-state index contributed by atoms with van der Waals surface area (Å²) in [5.74, 6) is -1.14. The van der Waals surface area contributed by atoms with E-state index < -0.39 is 22.9 Å². The van der Waals surface area contributed by atoms with Crippen molar-refractivity contribution in [2.45, 2.75) is 20.0 Å². The van der Waals surface area contributed by atoms with Gasteiger partial charge in [0.05, 0.1) is 12.9 Å². The van der Waals surface area contributed by atoms with Crippen LogP contribution in [0.15, 0.2) is 34.1 Å². The van der Waals surface area contributed by atoms with Crippen LogP contribution in [0.3, 0.4) is 0 Å². The summed E-state index contributed by atoms with van der Waals surface area (Å²) < 4.78 is 29.3. The molecular weight excluding hydrogens is 294 g/mol. The van der Waals surface area contributed by atoms with Crippen molar-refractivity contribution in [2.75, 3.05) is 0 Å². The maximum atomic E-state index is 13.7. The van der Waals surface area contributed by atoms with Crippen LogP contribution in [0.5, 0.6) is 0 Å². The van der Waals surface area contributed by atoms with E-state index in [1.54, 1.807) is 6.92 Å². The van der Waals surface area contributed by atoms with E-state index in [1.807, 2.05) is 0 Å². The molecule has 0 bridgehead atoms. The number of fused-ring (bicyclic) bond motifs is 1. The molecule has 0 fully saturated rings. The Kier molecular flexibility index (Phi) is 3.36. The SMILES string of the molecule is CCn1c(=O)[nH]c2c(ncn2Cc2cc(F)ccc2F)c1=O. The zero-order valence-corrected chi connectivity index (χ0v) is 11.6. The molecule has 0 saturated carbocycles. The van der Waals surface area contributed by atoms with Crippen LogP contribution in [0.4, 0.5) is 8.78 Å². The van der Waals surface area contributed by atoms with E-state index >= 15 is 0 Å². The average molecular weight is 306 g/mol. The summed E-state index contributed by atoms with van der Waals surface area (Å²) in [5.41, 5.74) is -0.720. The van der Waals surface area contributed by atoms with Crippen LogP contribution in [0.2, 0.25) is 0 Å². The predicted molar refractivity (Wildman–Crippen MR) is 75.7 cm³/mol. The van der Waals surface area contributed by atoms with Gasteiger partial charge < -0.3 is 4.57 Å². The molecule has 0 saturated heterocycles. The molecule has 1 N–H and O–H groups in total. The maximum absolute atomic E-state index is 13.7. The number of rotatable bonds is 3. The lowest BCUT2D eigenvalue weighted by molar-refractivity contribution is 0.578. The lowest BCUT2D eigenvalue weighted by Crippen LogP contribution is -2.34. The van der Waals surface area contributed by atoms with Crippen molar-refractivity contribution in [3.63, 3.8) is 0 Å². The first kappa shape index (κ1) is 14.2. The first-order chi connectivity index (χ1) is 10.5. The molecule has 0 aliphatic rings. The van der Waals surface area contributed by atoms with Gasteiger partial charge in [-0.3, -0.25) is 14.3 Å². The highest BCUT2D eigenvalue weighted by Gasteiger charge is 2.13. The standard InChI is InChI=1S/C14H12F2N4O2/c1-2-20-13(21)11-12(18-14(20)22)19(7-17-11)6-8-5-9(15)3-4-10(8)16/h3-5,7H,2,6H2,1H3,(H,18,22). The van der Waals surface area contributed by atoms with Crippen LogP contribution in [0, 0.1) is 11.6 Å². The fourth-order valence-electron chi connectivity index (χ4n) is 2.31. The van der Waals surface area contributed by atoms with Gasteiger partial charge >= 0.3 is 5.69 Å². The number of hydrogen-bond acceptors (Lipinski definition) is 3. The van der Waals surface area contributed by atoms with Crippen LogP contribution in [-0.4, -0.2) is 19.1 Å². The summed E-state index contributed by atoms with van der Waals surface area (Å²) in [6.07, 6.45) is 1.31. The lowest BCUT2D eigenvalue weighted by Gasteiger charge is -2.06. The summed E-state index contributed by atoms with van der Waals surface area (Å²) in [4.78, 5) is 30.4. The maximum Gasteiger partial charge on any atom is 0.330 e. The van der Waals surface area contributed by atoms with E-state index in [0.29, 0.717) is 0 Å². The third kappa shape index (κ3) is 2.22. The zero-order chi connectivity index (χ0) is 15.9. The molecule has 0 spiro atoms. The molecule has 3 aromatic rings. The molecule has 0 unspecified atom stereocenters. The molecule has 2 aromatic heterocycles. The summed E-state index contributed by atoms with van der Waals surface area (Å²) >= 11 is 0. The second-order valence-corrected chi connectivity index (χ2v) is 4.78. The number of aromatic amines is 1. The van der Waals surface area contributed by atoms with Crippen molar-refractivity contribution in [3.8, 4) is 0 Å². The molecule has 0 aliphatic carbocycles. The highest BCUT2D eigenvalue weighted by molar-refractivity contribution is 5.69. The Labute approximate surface area is 122 Å². The van der Waals surface area contributed by atoms with Gasteiger partial charge in [-0.2, -0.15) is 0 Å². The van der Waals surface area contributed by atoms with Crippen LogP contribution >= 0.6 is 0 Å². The molecule has 6 nitrogen and oxygen atoms in total. The van der Waals surface area contributed by atoms with Gasteiger partial charge in [-0.15, -0.1) is 0 Å². The van der Waals surface area contributed by atoms with Gasteiger partial charge in [0.15, 0.2) is 5.52 Å². The zero-order valence-electron chi connectivity index (χ0n) is 11.6. The smallest absolute Gasteiger partial charge is 0.312 e. The van der Waals surface area contributed by atoms with E-state index in [4.69, 9.17) is 0 Å². The fraction of sp³-hybridized carbons (Fsp3) is 0.214. The van der Waals surface area contributed by atoms with Crippen molar-refractivity contribution < 1.29 is 8.78 Å². The topological polar surface area (TPSA) is 72.7 Å². The van der Waals surface area contributed by atoms with E-state index in [-0.39, 0.29) is 29.8 Å². The number of nitrogens with one attached hydrogen (secondary N) is 1. The lowest BCUT2D eigenvalue weighted by atomic mass is 10.2. The molecule has 2 heterocycles. The Balaban J connectivity index is 2.15. The number of aromatic nitrogens is 4. The number of imidazole rings is 1. The Morgan fingerprint density at radius 1 is 1.27 bits per heavy atom. The van der Waals surface area contributed by atoms with Gasteiger partial charge in [0.1, 0.15) is 17.3 Å². The van der Waals surface area contributed by atoms with Gasteiger partial charge in [0.2, 0.25) is 0 Å². The van der Waals surface area contributed by atoms with Crippen LogP contribution in [-0.2, 0) is 13.1 Å². The molecule has 114 valence electrons. The summed E-state index contributed by atoms with van der Waals surface area (Å²) in [6, 6.07) is 3.11. The van der Waals surface area contributed by atoms with Gasteiger partial charge in [-0.05, 0) is 25.1 Å². The quantitative estimate of drug-likeness (QED) is 0.791. The normalized spacial score (nSPS) is 11.2. The van der Waals surface area contributed by atoms with E-state index in [2.05, 4.69) is 9.97 Å². The fourth-order valence-corrected chi connectivity index (χ4v) is 2.31. The molecular formula is C14H12F2N4O2. The average Bonchev–Trinajstić information content (AvgIpc) is 2.86. The van der Waals surface area contributed by atoms with Gasteiger partial charge in [-0.25, -0.2) is 18.6 Å². The van der Waals surface area contributed by atoms with Crippen molar-refractivity contribution in [1.29, 1.82) is 0 Å². The Morgan fingerprint density at radius 3 is 2.77 bits per heavy atom. The monoisotopic (exact) mass is 306 g/mol. The van der Waals surface area contributed by atoms with Crippen molar-refractivity contribution in [3.05, 3.63) is 62.6 Å². The number of hydrogen-bond donors (Lipinski definition) is 1. The van der Waals surface area contributed by atoms with Gasteiger partial charge in [0.25, 0.3) is 5.56 Å². The first-order valence-corrected chi connectivity index (χ1v) is 6.63. The first-order valence-electron chi connectivity index (χ1n) is 6.63. The third-order valence-electron chi connectivity index (χ3n) is 3.42. The Bertz CT molecular complexity index is 971. The minimum Gasteiger partial charge on any atom is -0.312 e. The number of H-pyrrole nitrogens is 1. The minimum absolute atomic E-state index is 0.0500. The second-order valence-electron chi connectivity index (χ2n) is 4.78. The van der Waals surface area contributed by atoms with Crippen molar-refractivity contribution in [1.82, 2.24) is 19.1 Å². The Hall–Kier alpha value is -2.77. The summed E-state index contributed by atoms with van der Waals surface area (Å²) in [5, 5.41) is 0. The second kappa shape index (κ2) is 5.21. The van der Waals surface area contributed by atoms with Crippen LogP contribution in [0.1, 0.15) is 12.5 Å². The molecule has 3 rings (SSSR count). The number of benzene rings is 1. The molecule has 0 radical (unpaired) electrons. The van der Waals surface area contributed by atoms with Crippen molar-refractivity contribution in [2.24, 2.45) is 0 Å². The molecule has 0 aliphatic heterocycles. The molecule has 1 aromatic carbocycles. The number of halogens is 2. The van der Waals surface area contributed by atoms with Crippen molar-refractivity contribution >= 4 is 11.2 Å². The predicted octanol–water partition coefficient (Wildman–Crippen LogP) is 1.23. The summed E-state index contributed by atoms with van der Waals surface area (Å²) in [6.45, 7) is 1.84. The minimum atomic E-state index is -0.576. The van der Waals surface area contributed by atoms with E-state index in [1.165, 1.54) is 10.9 Å². The number of nitrogens with zero attached hydrogens (tertiary/aromatic N) is 3. The largest absolute Gasteiger partial charge is 0.330 e.